The number of ether oxygens (including phenoxy) is 1. The first-order valence-corrected chi connectivity index (χ1v) is 5.06. The molecule has 0 saturated carbocycles. The number of nitrogens with zero attached hydrogens (tertiary/aromatic N) is 2. The van der Waals surface area contributed by atoms with Crippen LogP contribution in [0.2, 0.25) is 0 Å². The number of carbonyl (C=O) groups excluding carboxylic acids is 1. The largest absolute Gasteiger partial charge is 0.462 e. The van der Waals surface area contributed by atoms with Crippen LogP contribution in [0.15, 0.2) is 11.0 Å². The molecular formula is C10H12N4O3. The van der Waals surface area contributed by atoms with Gasteiger partial charge in [-0.2, -0.15) is 5.10 Å². The molecule has 7 nitrogen and oxygen atoms in total. The molecule has 0 fully saturated rings. The van der Waals surface area contributed by atoms with Gasteiger partial charge in [0, 0.05) is 7.05 Å². The molecule has 3 N–H and O–H groups in total. The minimum atomic E-state index is -0.725. The van der Waals surface area contributed by atoms with Crippen molar-refractivity contribution in [2.75, 3.05) is 12.3 Å². The van der Waals surface area contributed by atoms with E-state index in [2.05, 4.69) is 10.1 Å². The zero-order valence-electron chi connectivity index (χ0n) is 9.48. The number of pyridine rings is 1. The molecule has 0 aromatic carbocycles. The van der Waals surface area contributed by atoms with Crippen LogP contribution in [0, 0.1) is 0 Å². The highest BCUT2D eigenvalue weighted by atomic mass is 16.5. The average Bonchev–Trinajstić information content (AvgIpc) is 2.61. The third kappa shape index (κ3) is 1.65. The highest BCUT2D eigenvalue weighted by Gasteiger charge is 2.19. The highest BCUT2D eigenvalue weighted by Crippen LogP contribution is 2.19. The van der Waals surface area contributed by atoms with E-state index in [1.54, 1.807) is 14.0 Å². The summed E-state index contributed by atoms with van der Waals surface area (Å²) in [5.74, 6) is -0.725. The second kappa shape index (κ2) is 3.93. The van der Waals surface area contributed by atoms with Crippen LogP contribution >= 0.6 is 0 Å². The first-order valence-electron chi connectivity index (χ1n) is 5.06. The molecule has 0 aliphatic rings. The third-order valence-electron chi connectivity index (χ3n) is 2.44. The number of aromatic amines is 1. The summed E-state index contributed by atoms with van der Waals surface area (Å²) in [7, 11) is 1.67. The van der Waals surface area contributed by atoms with E-state index >= 15 is 0 Å². The maximum Gasteiger partial charge on any atom is 0.345 e. The molecule has 0 unspecified atom stereocenters. The van der Waals surface area contributed by atoms with Crippen LogP contribution in [0.4, 0.5) is 5.69 Å². The fraction of sp³-hybridized carbons (Fsp3) is 0.300. The minimum Gasteiger partial charge on any atom is -0.462 e. The zero-order chi connectivity index (χ0) is 12.6. The Morgan fingerprint density at radius 2 is 2.35 bits per heavy atom. The number of aromatic nitrogens is 3. The van der Waals surface area contributed by atoms with Gasteiger partial charge in [-0.3, -0.25) is 9.48 Å². The van der Waals surface area contributed by atoms with Gasteiger partial charge in [0.05, 0.1) is 23.9 Å². The number of nitrogen functional groups attached to an aromatic ring is 1. The van der Waals surface area contributed by atoms with Gasteiger partial charge in [0.25, 0.3) is 5.56 Å². The number of carbonyl (C=O) groups is 1. The quantitative estimate of drug-likeness (QED) is 0.715. The van der Waals surface area contributed by atoms with Crippen molar-refractivity contribution < 1.29 is 9.53 Å². The molecule has 0 aliphatic heterocycles. The van der Waals surface area contributed by atoms with Crippen LogP contribution in [-0.2, 0) is 11.8 Å². The van der Waals surface area contributed by atoms with Crippen molar-refractivity contribution in [2.45, 2.75) is 6.92 Å². The summed E-state index contributed by atoms with van der Waals surface area (Å²) < 4.78 is 6.25. The van der Waals surface area contributed by atoms with Gasteiger partial charge in [0.1, 0.15) is 11.2 Å². The van der Waals surface area contributed by atoms with Gasteiger partial charge >= 0.3 is 5.97 Å². The molecular weight excluding hydrogens is 224 g/mol. The summed E-state index contributed by atoms with van der Waals surface area (Å²) in [6.07, 6.45) is 1.49. The Morgan fingerprint density at radius 3 is 3.00 bits per heavy atom. The van der Waals surface area contributed by atoms with Crippen molar-refractivity contribution in [3.05, 3.63) is 22.1 Å². The van der Waals surface area contributed by atoms with Crippen LogP contribution < -0.4 is 11.3 Å². The second-order valence-electron chi connectivity index (χ2n) is 3.49. The number of fused-ring (bicyclic) bond motifs is 1. The number of rotatable bonds is 2. The Bertz CT molecular complexity index is 641. The Hall–Kier alpha value is -2.31. The zero-order valence-corrected chi connectivity index (χ0v) is 9.48. The summed E-state index contributed by atoms with van der Waals surface area (Å²) in [5, 5.41) is 4.48. The van der Waals surface area contributed by atoms with E-state index < -0.39 is 11.5 Å². The van der Waals surface area contributed by atoms with E-state index in [9.17, 15) is 9.59 Å². The normalized spacial score (nSPS) is 10.7. The standard InChI is InChI=1S/C10H12N4O3/c1-3-17-10(16)6-7(11)5-4-12-14(2)8(5)13-9(6)15/h4H,3H2,1-2H3,(H3,11,13,15). The molecule has 0 bridgehead atoms. The highest BCUT2D eigenvalue weighted by molar-refractivity contribution is 6.02. The van der Waals surface area contributed by atoms with Crippen molar-refractivity contribution in [2.24, 2.45) is 7.05 Å². The first-order chi connectivity index (χ1) is 8.06. The maximum atomic E-state index is 11.7. The predicted octanol–water partition coefficient (Wildman–Crippen LogP) is 0.0205. The van der Waals surface area contributed by atoms with Crippen molar-refractivity contribution in [1.29, 1.82) is 0 Å². The van der Waals surface area contributed by atoms with Gasteiger partial charge in [-0.05, 0) is 6.92 Å². The van der Waals surface area contributed by atoms with Gasteiger partial charge in [0.2, 0.25) is 0 Å². The lowest BCUT2D eigenvalue weighted by atomic mass is 10.2. The molecule has 2 rings (SSSR count). The first kappa shape index (κ1) is 11.2. The number of anilines is 1. The Labute approximate surface area is 96.2 Å². The Morgan fingerprint density at radius 1 is 1.65 bits per heavy atom. The summed E-state index contributed by atoms with van der Waals surface area (Å²) in [4.78, 5) is 25.9. The molecule has 7 heteroatoms. The monoisotopic (exact) mass is 236 g/mol. The number of hydrogen-bond acceptors (Lipinski definition) is 5. The molecule has 0 atom stereocenters. The van der Waals surface area contributed by atoms with Gasteiger partial charge < -0.3 is 15.5 Å². The summed E-state index contributed by atoms with van der Waals surface area (Å²) in [6.45, 7) is 1.84. The fourth-order valence-corrected chi connectivity index (χ4v) is 1.62. The number of aryl methyl sites for hydroxylation is 1. The Kier molecular flexibility index (Phi) is 2.58. The minimum absolute atomic E-state index is 0.0929. The lowest BCUT2D eigenvalue weighted by Crippen LogP contribution is -2.22. The van der Waals surface area contributed by atoms with Crippen LogP contribution in [0.25, 0.3) is 11.0 Å². The molecule has 17 heavy (non-hydrogen) atoms. The van der Waals surface area contributed by atoms with Gasteiger partial charge in [-0.15, -0.1) is 0 Å². The number of hydrogen-bond donors (Lipinski definition) is 2. The van der Waals surface area contributed by atoms with E-state index in [4.69, 9.17) is 10.5 Å². The third-order valence-corrected chi connectivity index (χ3v) is 2.44. The Balaban J connectivity index is 2.73. The van der Waals surface area contributed by atoms with E-state index in [0.29, 0.717) is 11.0 Å². The van der Waals surface area contributed by atoms with Gasteiger partial charge in [-0.1, -0.05) is 0 Å². The fourth-order valence-electron chi connectivity index (χ4n) is 1.62. The van der Waals surface area contributed by atoms with Crippen molar-refractivity contribution in [3.63, 3.8) is 0 Å². The lowest BCUT2D eigenvalue weighted by molar-refractivity contribution is 0.0526. The maximum absolute atomic E-state index is 11.7. The molecule has 0 spiro atoms. The molecule has 2 aromatic rings. The summed E-state index contributed by atoms with van der Waals surface area (Å²) >= 11 is 0. The van der Waals surface area contributed by atoms with Crippen LogP contribution in [0.1, 0.15) is 17.3 Å². The van der Waals surface area contributed by atoms with Gasteiger partial charge in [0.15, 0.2) is 0 Å². The van der Waals surface area contributed by atoms with E-state index in [0.717, 1.165) is 0 Å². The molecule has 0 radical (unpaired) electrons. The van der Waals surface area contributed by atoms with E-state index in [1.165, 1.54) is 10.9 Å². The van der Waals surface area contributed by atoms with Gasteiger partial charge in [-0.25, -0.2) is 4.79 Å². The second-order valence-corrected chi connectivity index (χ2v) is 3.49. The van der Waals surface area contributed by atoms with Crippen molar-refractivity contribution >= 4 is 22.7 Å². The summed E-state index contributed by atoms with van der Waals surface area (Å²) in [5.41, 5.74) is 5.61. The SMILES string of the molecule is CCOC(=O)c1c(N)c2cnn(C)c2[nH]c1=O. The molecule has 2 heterocycles. The van der Waals surface area contributed by atoms with Crippen molar-refractivity contribution in [3.8, 4) is 0 Å². The number of nitrogens with two attached hydrogens (primary N) is 1. The lowest BCUT2D eigenvalue weighted by Gasteiger charge is -2.05. The van der Waals surface area contributed by atoms with E-state index in [1.807, 2.05) is 0 Å². The molecule has 90 valence electrons. The number of nitrogens with one attached hydrogen (secondary N) is 1. The summed E-state index contributed by atoms with van der Waals surface area (Å²) in [6, 6.07) is 0. The smallest absolute Gasteiger partial charge is 0.345 e. The molecule has 2 aromatic heterocycles. The van der Waals surface area contributed by atoms with E-state index in [-0.39, 0.29) is 17.9 Å². The van der Waals surface area contributed by atoms with Crippen LogP contribution in [0.5, 0.6) is 0 Å². The topological polar surface area (TPSA) is 103 Å². The van der Waals surface area contributed by atoms with Crippen molar-refractivity contribution in [1.82, 2.24) is 14.8 Å². The molecule has 0 amide bonds. The molecule has 0 aliphatic carbocycles. The van der Waals surface area contributed by atoms with Crippen LogP contribution in [-0.4, -0.2) is 27.3 Å². The van der Waals surface area contributed by atoms with Crippen LogP contribution in [0.3, 0.4) is 0 Å². The molecule has 0 saturated heterocycles. The number of H-pyrrole nitrogens is 1. The number of esters is 1. The predicted molar refractivity (Wildman–Crippen MR) is 61.7 cm³/mol. The average molecular weight is 236 g/mol.